The molecule has 0 saturated carbocycles. The molecule has 0 radical (unpaired) electrons. The molecule has 0 bridgehead atoms. The Morgan fingerprint density at radius 2 is 2.00 bits per heavy atom. The normalized spacial score (nSPS) is 15.6. The Morgan fingerprint density at radius 1 is 1.32 bits per heavy atom. The first-order chi connectivity index (χ1) is 10.6. The van der Waals surface area contributed by atoms with Gasteiger partial charge < -0.3 is 20.1 Å². The fraction of sp³-hybridized carbons (Fsp3) is 0.500. The Labute approximate surface area is 130 Å². The smallest absolute Gasteiger partial charge is 0.257 e. The lowest BCUT2D eigenvalue weighted by Gasteiger charge is -2.32. The molecule has 6 nitrogen and oxygen atoms in total. The molecule has 6 heteroatoms. The van der Waals surface area contributed by atoms with Crippen LogP contribution in [-0.2, 0) is 9.53 Å². The van der Waals surface area contributed by atoms with Crippen LogP contribution in [0.3, 0.4) is 0 Å². The maximum atomic E-state index is 12.4. The number of hydrogen-bond donors (Lipinski definition) is 2. The molecule has 1 aromatic rings. The van der Waals surface area contributed by atoms with E-state index in [1.54, 1.807) is 30.2 Å². The van der Waals surface area contributed by atoms with Gasteiger partial charge in [0.05, 0.1) is 12.2 Å². The fourth-order valence-electron chi connectivity index (χ4n) is 2.55. The summed E-state index contributed by atoms with van der Waals surface area (Å²) in [6.07, 6.45) is 1.80. The standard InChI is InChI=1S/C16H22N2O4/c1-22-11-8-15(20)17-12-6-9-18(10-7-12)16(21)13-4-2-3-5-14(13)19/h2-5,12,19H,6-11H2,1H3,(H,17,20). The largest absolute Gasteiger partial charge is 0.507 e. The van der Waals surface area contributed by atoms with Crippen LogP contribution >= 0.6 is 0 Å². The highest BCUT2D eigenvalue weighted by atomic mass is 16.5. The molecular formula is C16H22N2O4. The second-order valence-electron chi connectivity index (χ2n) is 5.39. The number of nitrogens with zero attached hydrogens (tertiary/aromatic N) is 1. The van der Waals surface area contributed by atoms with Gasteiger partial charge in [0.25, 0.3) is 5.91 Å². The van der Waals surface area contributed by atoms with Gasteiger partial charge in [0.1, 0.15) is 5.75 Å². The number of phenols is 1. The zero-order valence-electron chi connectivity index (χ0n) is 12.7. The van der Waals surface area contributed by atoms with Crippen molar-refractivity contribution in [2.75, 3.05) is 26.8 Å². The van der Waals surface area contributed by atoms with E-state index in [2.05, 4.69) is 5.32 Å². The molecule has 1 aliphatic rings. The number of phenolic OH excluding ortho intramolecular Hbond substituents is 1. The molecule has 1 saturated heterocycles. The quantitative estimate of drug-likeness (QED) is 0.855. The van der Waals surface area contributed by atoms with E-state index in [0.717, 1.165) is 12.8 Å². The van der Waals surface area contributed by atoms with Gasteiger partial charge in [-0.25, -0.2) is 0 Å². The Kier molecular flexibility index (Phi) is 5.77. The summed E-state index contributed by atoms with van der Waals surface area (Å²) in [6, 6.07) is 6.65. The molecule has 0 atom stereocenters. The first kappa shape index (κ1) is 16.3. The second kappa shape index (κ2) is 7.79. The van der Waals surface area contributed by atoms with Crippen molar-refractivity contribution in [1.82, 2.24) is 10.2 Å². The predicted octanol–water partition coefficient (Wildman–Crippen LogP) is 1.15. The number of likely N-dealkylation sites (tertiary alicyclic amines) is 1. The number of para-hydroxylation sites is 1. The highest BCUT2D eigenvalue weighted by Gasteiger charge is 2.25. The number of amides is 2. The number of hydrogen-bond acceptors (Lipinski definition) is 4. The zero-order valence-corrected chi connectivity index (χ0v) is 12.7. The lowest BCUT2D eigenvalue weighted by atomic mass is 10.0. The number of aromatic hydroxyl groups is 1. The number of piperidine rings is 1. The van der Waals surface area contributed by atoms with E-state index < -0.39 is 0 Å². The minimum absolute atomic E-state index is 0.00231. The molecule has 2 amide bonds. The van der Waals surface area contributed by atoms with Gasteiger partial charge in [-0.2, -0.15) is 0 Å². The highest BCUT2D eigenvalue weighted by molar-refractivity contribution is 5.96. The lowest BCUT2D eigenvalue weighted by molar-refractivity contribution is -0.122. The van der Waals surface area contributed by atoms with Crippen molar-refractivity contribution in [3.63, 3.8) is 0 Å². The van der Waals surface area contributed by atoms with Crippen LogP contribution < -0.4 is 5.32 Å². The van der Waals surface area contributed by atoms with Crippen LogP contribution in [0.1, 0.15) is 29.6 Å². The summed E-state index contributed by atoms with van der Waals surface area (Å²) in [5, 5.41) is 12.7. The minimum Gasteiger partial charge on any atom is -0.507 e. The third-order valence-electron chi connectivity index (χ3n) is 3.81. The highest BCUT2D eigenvalue weighted by Crippen LogP contribution is 2.20. The van der Waals surface area contributed by atoms with Gasteiger partial charge in [-0.05, 0) is 25.0 Å². The molecule has 1 aliphatic heterocycles. The number of nitrogens with one attached hydrogen (secondary N) is 1. The fourth-order valence-corrected chi connectivity index (χ4v) is 2.55. The number of methoxy groups -OCH3 is 1. The van der Waals surface area contributed by atoms with E-state index in [1.807, 2.05) is 0 Å². The summed E-state index contributed by atoms with van der Waals surface area (Å²) in [4.78, 5) is 25.7. The molecule has 0 spiro atoms. The summed E-state index contributed by atoms with van der Waals surface area (Å²) in [7, 11) is 1.57. The average Bonchev–Trinajstić information content (AvgIpc) is 2.53. The summed E-state index contributed by atoms with van der Waals surface area (Å²) >= 11 is 0. The van der Waals surface area contributed by atoms with Gasteiger partial charge >= 0.3 is 0 Å². The maximum Gasteiger partial charge on any atom is 0.257 e. The van der Waals surface area contributed by atoms with Gasteiger partial charge in [-0.15, -0.1) is 0 Å². The van der Waals surface area contributed by atoms with Crippen molar-refractivity contribution in [3.05, 3.63) is 29.8 Å². The van der Waals surface area contributed by atoms with E-state index in [1.165, 1.54) is 6.07 Å². The van der Waals surface area contributed by atoms with Crippen molar-refractivity contribution in [1.29, 1.82) is 0 Å². The molecule has 1 fully saturated rings. The third kappa shape index (κ3) is 4.21. The molecule has 120 valence electrons. The molecule has 0 unspecified atom stereocenters. The number of carbonyl (C=O) groups is 2. The summed E-state index contributed by atoms with van der Waals surface area (Å²) in [6.45, 7) is 1.56. The lowest BCUT2D eigenvalue weighted by Crippen LogP contribution is -2.46. The first-order valence-corrected chi connectivity index (χ1v) is 7.47. The van der Waals surface area contributed by atoms with Crippen LogP contribution in [0, 0.1) is 0 Å². The van der Waals surface area contributed by atoms with Crippen molar-refractivity contribution < 1.29 is 19.4 Å². The Hall–Kier alpha value is -2.08. The van der Waals surface area contributed by atoms with Gasteiger partial charge in [0.2, 0.25) is 5.91 Å². The van der Waals surface area contributed by atoms with Crippen molar-refractivity contribution in [2.45, 2.75) is 25.3 Å². The van der Waals surface area contributed by atoms with Crippen molar-refractivity contribution in [3.8, 4) is 5.75 Å². The summed E-state index contributed by atoms with van der Waals surface area (Å²) in [5.74, 6) is -0.183. The van der Waals surface area contributed by atoms with E-state index >= 15 is 0 Å². The summed E-state index contributed by atoms with van der Waals surface area (Å²) < 4.78 is 4.87. The topological polar surface area (TPSA) is 78.9 Å². The predicted molar refractivity (Wildman–Crippen MR) is 81.7 cm³/mol. The number of benzene rings is 1. The number of carbonyl (C=O) groups excluding carboxylic acids is 2. The van der Waals surface area contributed by atoms with E-state index in [0.29, 0.717) is 31.7 Å². The summed E-state index contributed by atoms with van der Waals surface area (Å²) in [5.41, 5.74) is 0.324. The molecule has 2 N–H and O–H groups in total. The maximum absolute atomic E-state index is 12.4. The van der Waals surface area contributed by atoms with Crippen molar-refractivity contribution >= 4 is 11.8 Å². The van der Waals surface area contributed by atoms with E-state index in [-0.39, 0.29) is 23.6 Å². The molecule has 1 heterocycles. The Balaban J connectivity index is 1.83. The van der Waals surface area contributed by atoms with Crippen LogP contribution in [0.5, 0.6) is 5.75 Å². The Bertz CT molecular complexity index is 525. The van der Waals surface area contributed by atoms with Gasteiger partial charge in [0.15, 0.2) is 0 Å². The van der Waals surface area contributed by atoms with Crippen LogP contribution in [0.15, 0.2) is 24.3 Å². The van der Waals surface area contributed by atoms with Crippen LogP contribution in [0.2, 0.25) is 0 Å². The monoisotopic (exact) mass is 306 g/mol. The molecular weight excluding hydrogens is 284 g/mol. The number of rotatable bonds is 5. The molecule has 1 aromatic carbocycles. The van der Waals surface area contributed by atoms with E-state index in [9.17, 15) is 14.7 Å². The molecule has 22 heavy (non-hydrogen) atoms. The van der Waals surface area contributed by atoms with E-state index in [4.69, 9.17) is 4.74 Å². The van der Waals surface area contributed by atoms with Gasteiger partial charge in [-0.1, -0.05) is 12.1 Å². The molecule has 2 rings (SSSR count). The van der Waals surface area contributed by atoms with Gasteiger partial charge in [0, 0.05) is 32.7 Å². The average molecular weight is 306 g/mol. The molecule has 0 aromatic heterocycles. The zero-order chi connectivity index (χ0) is 15.9. The van der Waals surface area contributed by atoms with Crippen molar-refractivity contribution in [2.24, 2.45) is 0 Å². The number of ether oxygens (including phenoxy) is 1. The van der Waals surface area contributed by atoms with Crippen LogP contribution in [-0.4, -0.2) is 54.7 Å². The molecule has 0 aliphatic carbocycles. The Morgan fingerprint density at radius 3 is 2.64 bits per heavy atom. The minimum atomic E-state index is -0.165. The SMILES string of the molecule is COCCC(=O)NC1CCN(C(=O)c2ccccc2O)CC1. The third-order valence-corrected chi connectivity index (χ3v) is 3.81. The first-order valence-electron chi connectivity index (χ1n) is 7.47. The van der Waals surface area contributed by atoms with Crippen LogP contribution in [0.4, 0.5) is 0 Å². The van der Waals surface area contributed by atoms with Crippen LogP contribution in [0.25, 0.3) is 0 Å². The second-order valence-corrected chi connectivity index (χ2v) is 5.39. The van der Waals surface area contributed by atoms with Gasteiger partial charge in [-0.3, -0.25) is 9.59 Å².